The van der Waals surface area contributed by atoms with Crippen molar-refractivity contribution < 1.29 is 0 Å². The van der Waals surface area contributed by atoms with Crippen molar-refractivity contribution in [2.75, 3.05) is 12.3 Å². The van der Waals surface area contributed by atoms with Crippen LogP contribution in [0.3, 0.4) is 0 Å². The third-order valence-corrected chi connectivity index (χ3v) is 3.98. The zero-order valence-corrected chi connectivity index (χ0v) is 11.6. The van der Waals surface area contributed by atoms with Crippen LogP contribution >= 0.6 is 11.8 Å². The van der Waals surface area contributed by atoms with Crippen molar-refractivity contribution in [2.45, 2.75) is 31.6 Å². The van der Waals surface area contributed by atoms with Crippen molar-refractivity contribution in [3.63, 3.8) is 0 Å². The number of imidazole rings is 1. The Morgan fingerprint density at radius 3 is 3.37 bits per heavy atom. The van der Waals surface area contributed by atoms with Crippen LogP contribution in [0.2, 0.25) is 0 Å². The number of nitrogens with two attached hydrogens (primary N) is 1. The van der Waals surface area contributed by atoms with E-state index in [4.69, 9.17) is 11.0 Å². The Bertz CT molecular complexity index is 487. The molecular formula is C12H18N6S. The molecule has 0 radical (unpaired) electrons. The van der Waals surface area contributed by atoms with Gasteiger partial charge in [-0.3, -0.25) is 10.3 Å². The van der Waals surface area contributed by atoms with E-state index in [2.05, 4.69) is 19.9 Å². The molecule has 0 fully saturated rings. The highest BCUT2D eigenvalue weighted by atomic mass is 32.2. The summed E-state index contributed by atoms with van der Waals surface area (Å²) in [4.78, 5) is 8.52. The smallest absolute Gasteiger partial charge is 0.202 e. The van der Waals surface area contributed by atoms with E-state index >= 15 is 0 Å². The van der Waals surface area contributed by atoms with Crippen molar-refractivity contribution in [3.8, 4) is 6.19 Å². The summed E-state index contributed by atoms with van der Waals surface area (Å²) < 4.78 is 2.27. The highest BCUT2D eigenvalue weighted by molar-refractivity contribution is 7.98. The number of nitrogens with zero attached hydrogens (tertiary/aromatic N) is 4. The van der Waals surface area contributed by atoms with Gasteiger partial charge in [0.25, 0.3) is 0 Å². The number of nitrogens with one attached hydrogen (secondary N) is 1. The lowest BCUT2D eigenvalue weighted by atomic mass is 10.1. The van der Waals surface area contributed by atoms with Gasteiger partial charge in [-0.25, -0.2) is 4.98 Å². The molecule has 0 bridgehead atoms. The van der Waals surface area contributed by atoms with Crippen LogP contribution in [0.25, 0.3) is 0 Å². The molecule has 2 heterocycles. The Labute approximate surface area is 117 Å². The minimum Gasteiger partial charge on any atom is -0.369 e. The predicted molar refractivity (Wildman–Crippen MR) is 76.6 cm³/mol. The summed E-state index contributed by atoms with van der Waals surface area (Å²) in [7, 11) is 0. The van der Waals surface area contributed by atoms with E-state index in [0.29, 0.717) is 6.54 Å². The molecule has 7 heteroatoms. The number of aryl methyl sites for hydroxylation is 1. The Hall–Kier alpha value is -1.68. The van der Waals surface area contributed by atoms with Crippen LogP contribution in [-0.4, -0.2) is 27.8 Å². The van der Waals surface area contributed by atoms with Crippen LogP contribution in [0.15, 0.2) is 11.3 Å². The Morgan fingerprint density at radius 1 is 1.63 bits per heavy atom. The van der Waals surface area contributed by atoms with E-state index in [1.54, 1.807) is 18.0 Å². The standard InChI is InChI=1S/C12H18N6S/c13-8-16-12(14)15-4-6-19-7-10-11-3-1-2-5-18(11)9-17-10/h9H,1-7H2,(H3,14,15,16). The van der Waals surface area contributed by atoms with Gasteiger partial charge in [-0.05, 0) is 19.3 Å². The van der Waals surface area contributed by atoms with E-state index < -0.39 is 0 Å². The Balaban J connectivity index is 1.73. The molecule has 0 aliphatic carbocycles. The maximum Gasteiger partial charge on any atom is 0.202 e. The highest BCUT2D eigenvalue weighted by Crippen LogP contribution is 2.21. The lowest BCUT2D eigenvalue weighted by Gasteiger charge is -2.14. The molecule has 1 aliphatic rings. The van der Waals surface area contributed by atoms with Gasteiger partial charge in [0, 0.05) is 23.7 Å². The number of thioether (sulfide) groups is 1. The van der Waals surface area contributed by atoms with Gasteiger partial charge < -0.3 is 10.3 Å². The van der Waals surface area contributed by atoms with E-state index in [0.717, 1.165) is 24.5 Å². The van der Waals surface area contributed by atoms with Crippen LogP contribution in [0.5, 0.6) is 0 Å². The van der Waals surface area contributed by atoms with Crippen molar-refractivity contribution in [2.24, 2.45) is 10.7 Å². The van der Waals surface area contributed by atoms with Gasteiger partial charge in [0.2, 0.25) is 5.96 Å². The van der Waals surface area contributed by atoms with Crippen LogP contribution in [-0.2, 0) is 18.7 Å². The first-order valence-corrected chi connectivity index (χ1v) is 7.52. The van der Waals surface area contributed by atoms with Crippen LogP contribution in [0.1, 0.15) is 24.2 Å². The second-order valence-corrected chi connectivity index (χ2v) is 5.45. The third-order valence-electron chi connectivity index (χ3n) is 3.04. The summed E-state index contributed by atoms with van der Waals surface area (Å²) in [6.07, 6.45) is 7.37. The number of nitriles is 1. The summed E-state index contributed by atoms with van der Waals surface area (Å²) in [5, 5.41) is 10.6. The first-order valence-electron chi connectivity index (χ1n) is 6.37. The van der Waals surface area contributed by atoms with Crippen molar-refractivity contribution in [3.05, 3.63) is 17.7 Å². The van der Waals surface area contributed by atoms with E-state index in [1.165, 1.54) is 24.2 Å². The van der Waals surface area contributed by atoms with E-state index in [1.807, 2.05) is 6.33 Å². The number of guanidine groups is 1. The molecule has 0 aromatic carbocycles. The third kappa shape index (κ3) is 3.89. The largest absolute Gasteiger partial charge is 0.369 e. The minimum atomic E-state index is 0.183. The maximum absolute atomic E-state index is 8.34. The van der Waals surface area contributed by atoms with E-state index in [9.17, 15) is 0 Å². The van der Waals surface area contributed by atoms with Crippen LogP contribution in [0, 0.1) is 11.5 Å². The summed E-state index contributed by atoms with van der Waals surface area (Å²) in [6.45, 7) is 1.72. The minimum absolute atomic E-state index is 0.183. The first kappa shape index (κ1) is 13.7. The maximum atomic E-state index is 8.34. The first-order chi connectivity index (χ1) is 9.31. The summed E-state index contributed by atoms with van der Waals surface area (Å²) in [6, 6.07) is 0. The number of fused-ring (bicyclic) bond motifs is 1. The second kappa shape index (κ2) is 7.04. The molecule has 1 aromatic heterocycles. The molecule has 2 rings (SSSR count). The lowest BCUT2D eigenvalue weighted by molar-refractivity contribution is 0.530. The average molecular weight is 278 g/mol. The molecule has 0 saturated heterocycles. The number of aliphatic imine (C=N–C) groups is 1. The molecule has 0 atom stereocenters. The molecule has 1 aromatic rings. The zero-order chi connectivity index (χ0) is 13.5. The predicted octanol–water partition coefficient (Wildman–Crippen LogP) is 0.838. The summed E-state index contributed by atoms with van der Waals surface area (Å²) in [5.41, 5.74) is 8.05. The summed E-state index contributed by atoms with van der Waals surface area (Å²) >= 11 is 1.79. The van der Waals surface area contributed by atoms with Gasteiger partial charge in [0.05, 0.1) is 18.6 Å². The Kier molecular flexibility index (Phi) is 5.10. The molecule has 0 spiro atoms. The lowest BCUT2D eigenvalue weighted by Crippen LogP contribution is -2.27. The fourth-order valence-corrected chi connectivity index (χ4v) is 2.92. The second-order valence-electron chi connectivity index (χ2n) is 4.34. The molecule has 3 N–H and O–H groups in total. The van der Waals surface area contributed by atoms with Gasteiger partial charge in [0.1, 0.15) is 0 Å². The van der Waals surface area contributed by atoms with E-state index in [-0.39, 0.29) is 5.96 Å². The molecule has 0 unspecified atom stereocenters. The van der Waals surface area contributed by atoms with Crippen molar-refractivity contribution in [1.29, 1.82) is 5.26 Å². The zero-order valence-electron chi connectivity index (χ0n) is 10.8. The highest BCUT2D eigenvalue weighted by Gasteiger charge is 2.13. The SMILES string of the molecule is N#CNC(N)=NCCSCc1ncn2c1CCCC2. The number of hydrogen-bond donors (Lipinski definition) is 2. The molecule has 19 heavy (non-hydrogen) atoms. The molecule has 102 valence electrons. The molecule has 0 saturated carbocycles. The van der Waals surface area contributed by atoms with Gasteiger partial charge >= 0.3 is 0 Å². The van der Waals surface area contributed by atoms with Gasteiger partial charge in [-0.15, -0.1) is 0 Å². The van der Waals surface area contributed by atoms with Crippen molar-refractivity contribution >= 4 is 17.7 Å². The normalized spacial score (nSPS) is 14.8. The number of hydrogen-bond acceptors (Lipinski definition) is 4. The van der Waals surface area contributed by atoms with Crippen molar-refractivity contribution in [1.82, 2.24) is 14.9 Å². The quantitative estimate of drug-likeness (QED) is 0.274. The number of rotatable bonds is 5. The van der Waals surface area contributed by atoms with Crippen LogP contribution in [0.4, 0.5) is 0 Å². The molecule has 1 aliphatic heterocycles. The van der Waals surface area contributed by atoms with Gasteiger partial charge in [-0.1, -0.05) is 0 Å². The number of aromatic nitrogens is 2. The van der Waals surface area contributed by atoms with Crippen LogP contribution < -0.4 is 11.1 Å². The average Bonchev–Trinajstić information content (AvgIpc) is 2.82. The fourth-order valence-electron chi connectivity index (χ4n) is 2.12. The van der Waals surface area contributed by atoms with Gasteiger partial charge in [0.15, 0.2) is 6.19 Å². The summed E-state index contributed by atoms with van der Waals surface area (Å²) in [5.74, 6) is 1.98. The monoisotopic (exact) mass is 278 g/mol. The van der Waals surface area contributed by atoms with Gasteiger partial charge in [-0.2, -0.15) is 17.0 Å². The fraction of sp³-hybridized carbons (Fsp3) is 0.583. The topological polar surface area (TPSA) is 92.0 Å². The Morgan fingerprint density at radius 2 is 2.53 bits per heavy atom. The molecular weight excluding hydrogens is 260 g/mol. The molecule has 6 nitrogen and oxygen atoms in total. The molecule has 0 amide bonds.